The van der Waals surface area contributed by atoms with Gasteiger partial charge < -0.3 is 15.1 Å². The summed E-state index contributed by atoms with van der Waals surface area (Å²) in [5.41, 5.74) is 8.25. The Morgan fingerprint density at radius 2 is 2.32 bits per heavy atom. The molecular weight excluding hydrogens is 312 g/mol. The van der Waals surface area contributed by atoms with Gasteiger partial charge in [0.1, 0.15) is 10.4 Å². The Morgan fingerprint density at radius 1 is 1.53 bits per heavy atom. The lowest BCUT2D eigenvalue weighted by atomic mass is 10.1. The fraction of sp³-hybridized carbons (Fsp3) is 0.167. The maximum Gasteiger partial charge on any atom is 0.419 e. The van der Waals surface area contributed by atoms with Crippen LogP contribution in [0.2, 0.25) is 0 Å². The van der Waals surface area contributed by atoms with Crippen molar-refractivity contribution in [2.45, 2.75) is 6.04 Å². The summed E-state index contributed by atoms with van der Waals surface area (Å²) in [6.45, 7) is 0. The molecule has 0 spiro atoms. The number of aryl methyl sites for hydroxylation is 1. The summed E-state index contributed by atoms with van der Waals surface area (Å²) in [5.74, 6) is 0.265. The van der Waals surface area contributed by atoms with Crippen LogP contribution in [0.15, 0.2) is 38.2 Å². The summed E-state index contributed by atoms with van der Waals surface area (Å²) < 4.78 is 7.30. The standard InChI is InChI=1S/C12H11BrN4O2/c1-17-7-4-6(2-3-8(7)19-12(17)18)10(14)11-15-5-9(13)16-11/h2-5,10H,14H2,1H3,(H,15,16). The van der Waals surface area contributed by atoms with Crippen LogP contribution in [0.1, 0.15) is 17.4 Å². The zero-order valence-electron chi connectivity index (χ0n) is 10.1. The summed E-state index contributed by atoms with van der Waals surface area (Å²) in [4.78, 5) is 18.6. The number of H-pyrrole nitrogens is 1. The summed E-state index contributed by atoms with van der Waals surface area (Å²) in [7, 11) is 1.66. The number of nitrogens with two attached hydrogens (primary N) is 1. The van der Waals surface area contributed by atoms with Crippen molar-refractivity contribution in [2.75, 3.05) is 0 Å². The molecule has 0 bridgehead atoms. The van der Waals surface area contributed by atoms with Gasteiger partial charge in [-0.2, -0.15) is 0 Å². The number of rotatable bonds is 2. The molecule has 0 radical (unpaired) electrons. The highest BCUT2D eigenvalue weighted by Gasteiger charge is 2.15. The zero-order chi connectivity index (χ0) is 13.6. The highest BCUT2D eigenvalue weighted by molar-refractivity contribution is 9.10. The molecule has 0 aliphatic rings. The smallest absolute Gasteiger partial charge is 0.408 e. The Hall–Kier alpha value is -1.86. The zero-order valence-corrected chi connectivity index (χ0v) is 11.6. The lowest BCUT2D eigenvalue weighted by Gasteiger charge is -2.09. The van der Waals surface area contributed by atoms with Gasteiger partial charge in [-0.05, 0) is 33.6 Å². The van der Waals surface area contributed by atoms with Crippen molar-refractivity contribution in [3.05, 3.63) is 50.9 Å². The molecule has 0 fully saturated rings. The van der Waals surface area contributed by atoms with Gasteiger partial charge in [-0.1, -0.05) is 6.07 Å². The van der Waals surface area contributed by atoms with Gasteiger partial charge in [0.05, 0.1) is 17.8 Å². The van der Waals surface area contributed by atoms with Crippen LogP contribution in [0.3, 0.4) is 0 Å². The van der Waals surface area contributed by atoms with Crippen molar-refractivity contribution in [3.63, 3.8) is 0 Å². The van der Waals surface area contributed by atoms with Crippen LogP contribution in [-0.2, 0) is 7.05 Å². The van der Waals surface area contributed by atoms with Crippen molar-refractivity contribution in [1.29, 1.82) is 0 Å². The molecule has 1 atom stereocenters. The van der Waals surface area contributed by atoms with Crippen molar-refractivity contribution in [1.82, 2.24) is 14.5 Å². The molecule has 98 valence electrons. The molecule has 3 N–H and O–H groups in total. The van der Waals surface area contributed by atoms with E-state index in [1.807, 2.05) is 12.1 Å². The third-order valence-electron chi connectivity index (χ3n) is 3.03. The molecule has 2 aromatic heterocycles. The molecular formula is C12H11BrN4O2. The van der Waals surface area contributed by atoms with Crippen LogP contribution in [-0.4, -0.2) is 14.5 Å². The van der Waals surface area contributed by atoms with Crippen molar-refractivity contribution in [2.24, 2.45) is 12.8 Å². The second-order valence-electron chi connectivity index (χ2n) is 4.25. The molecule has 6 nitrogen and oxygen atoms in total. The molecule has 7 heteroatoms. The van der Waals surface area contributed by atoms with Crippen LogP contribution in [0.5, 0.6) is 0 Å². The summed E-state index contributed by atoms with van der Waals surface area (Å²) >= 11 is 3.29. The third-order valence-corrected chi connectivity index (χ3v) is 3.44. The molecule has 3 aromatic rings. The van der Waals surface area contributed by atoms with E-state index >= 15 is 0 Å². The number of hydrogen-bond donors (Lipinski definition) is 2. The Morgan fingerprint density at radius 3 is 3.00 bits per heavy atom. The second-order valence-corrected chi connectivity index (χ2v) is 5.10. The number of oxazole rings is 1. The Balaban J connectivity index is 2.10. The van der Waals surface area contributed by atoms with Gasteiger partial charge in [-0.15, -0.1) is 0 Å². The van der Waals surface area contributed by atoms with E-state index in [9.17, 15) is 4.79 Å². The summed E-state index contributed by atoms with van der Waals surface area (Å²) in [6.07, 6.45) is 1.65. The quantitative estimate of drug-likeness (QED) is 0.750. The topological polar surface area (TPSA) is 89.8 Å². The Labute approximate surface area is 116 Å². The van der Waals surface area contributed by atoms with Gasteiger partial charge in [0.15, 0.2) is 5.58 Å². The van der Waals surface area contributed by atoms with E-state index in [2.05, 4.69) is 25.9 Å². The molecule has 1 aromatic carbocycles. The van der Waals surface area contributed by atoms with E-state index in [4.69, 9.17) is 10.2 Å². The van der Waals surface area contributed by atoms with Gasteiger partial charge in [-0.3, -0.25) is 4.57 Å². The van der Waals surface area contributed by atoms with Crippen molar-refractivity contribution >= 4 is 27.0 Å². The number of aromatic nitrogens is 3. The van der Waals surface area contributed by atoms with Gasteiger partial charge in [0.2, 0.25) is 0 Å². The number of fused-ring (bicyclic) bond motifs is 1. The van der Waals surface area contributed by atoms with Crippen LogP contribution in [0, 0.1) is 0 Å². The van der Waals surface area contributed by atoms with Crippen molar-refractivity contribution < 1.29 is 4.42 Å². The number of aromatic amines is 1. The number of imidazole rings is 1. The van der Waals surface area contributed by atoms with E-state index in [1.54, 1.807) is 19.3 Å². The summed E-state index contributed by atoms with van der Waals surface area (Å²) in [6, 6.07) is 5.01. The van der Waals surface area contributed by atoms with Gasteiger partial charge >= 0.3 is 5.76 Å². The molecule has 19 heavy (non-hydrogen) atoms. The van der Waals surface area contributed by atoms with Crippen LogP contribution in [0.25, 0.3) is 11.1 Å². The molecule has 0 saturated carbocycles. The Bertz CT molecular complexity index is 802. The fourth-order valence-corrected chi connectivity index (χ4v) is 2.27. The molecule has 2 heterocycles. The first-order valence-electron chi connectivity index (χ1n) is 5.61. The minimum Gasteiger partial charge on any atom is -0.408 e. The first kappa shape index (κ1) is 12.2. The number of nitrogens with zero attached hydrogens (tertiary/aromatic N) is 2. The van der Waals surface area contributed by atoms with E-state index in [1.165, 1.54) is 4.57 Å². The molecule has 1 unspecified atom stereocenters. The largest absolute Gasteiger partial charge is 0.419 e. The molecule has 0 saturated heterocycles. The SMILES string of the molecule is Cn1c(=O)oc2ccc(C(N)c3ncc(Br)[nH]3)cc21. The number of halogens is 1. The molecule has 0 amide bonds. The number of hydrogen-bond acceptors (Lipinski definition) is 4. The summed E-state index contributed by atoms with van der Waals surface area (Å²) in [5, 5.41) is 0. The minimum atomic E-state index is -0.388. The van der Waals surface area contributed by atoms with E-state index in [0.717, 1.165) is 10.2 Å². The predicted octanol–water partition coefficient (Wildman–Crippen LogP) is 1.67. The van der Waals surface area contributed by atoms with E-state index < -0.39 is 0 Å². The molecule has 0 aliphatic carbocycles. The van der Waals surface area contributed by atoms with Gasteiger partial charge in [-0.25, -0.2) is 9.78 Å². The average molecular weight is 323 g/mol. The first-order chi connectivity index (χ1) is 9.06. The van der Waals surface area contributed by atoms with Crippen LogP contribution in [0.4, 0.5) is 0 Å². The number of benzene rings is 1. The maximum absolute atomic E-state index is 11.4. The predicted molar refractivity (Wildman–Crippen MR) is 73.8 cm³/mol. The van der Waals surface area contributed by atoms with Crippen LogP contribution >= 0.6 is 15.9 Å². The lowest BCUT2D eigenvalue weighted by molar-refractivity contribution is 0.528. The maximum atomic E-state index is 11.4. The monoisotopic (exact) mass is 322 g/mol. The Kier molecular flexibility index (Phi) is 2.79. The van der Waals surface area contributed by atoms with Gasteiger partial charge in [0.25, 0.3) is 0 Å². The minimum absolute atomic E-state index is 0.388. The number of nitrogens with one attached hydrogen (secondary N) is 1. The van der Waals surface area contributed by atoms with Crippen LogP contribution < -0.4 is 11.5 Å². The third kappa shape index (κ3) is 2.00. The van der Waals surface area contributed by atoms with Crippen molar-refractivity contribution in [3.8, 4) is 0 Å². The first-order valence-corrected chi connectivity index (χ1v) is 6.41. The molecule has 3 rings (SSSR count). The highest BCUT2D eigenvalue weighted by atomic mass is 79.9. The normalized spacial score (nSPS) is 13.0. The lowest BCUT2D eigenvalue weighted by Crippen LogP contribution is -2.14. The average Bonchev–Trinajstić information content (AvgIpc) is 2.94. The molecule has 0 aliphatic heterocycles. The second kappa shape index (κ2) is 4.36. The van der Waals surface area contributed by atoms with E-state index in [0.29, 0.717) is 16.9 Å². The highest BCUT2D eigenvalue weighted by Crippen LogP contribution is 2.22. The fourth-order valence-electron chi connectivity index (χ4n) is 1.97. The van der Waals surface area contributed by atoms with Gasteiger partial charge in [0, 0.05) is 7.05 Å². The van der Waals surface area contributed by atoms with E-state index in [-0.39, 0.29) is 11.8 Å².